The third-order valence-electron chi connectivity index (χ3n) is 6.42. The monoisotopic (exact) mass is 407 g/mol. The van der Waals surface area contributed by atoms with Crippen molar-refractivity contribution >= 4 is 5.91 Å². The number of hydrogen-bond donors (Lipinski definition) is 1. The minimum Gasteiger partial charge on any atom is -0.497 e. The number of amides is 1. The molecule has 5 heteroatoms. The van der Waals surface area contributed by atoms with E-state index in [1.54, 1.807) is 7.11 Å². The molecule has 0 spiro atoms. The zero-order chi connectivity index (χ0) is 20.8. The van der Waals surface area contributed by atoms with Gasteiger partial charge in [0.15, 0.2) is 0 Å². The molecule has 1 amide bonds. The van der Waals surface area contributed by atoms with Gasteiger partial charge in [-0.25, -0.2) is 0 Å². The molecule has 0 saturated carbocycles. The summed E-state index contributed by atoms with van der Waals surface area (Å²) < 4.78 is 5.43. The van der Waals surface area contributed by atoms with Crippen molar-refractivity contribution in [3.05, 3.63) is 65.7 Å². The number of hydrogen-bond acceptors (Lipinski definition) is 4. The summed E-state index contributed by atoms with van der Waals surface area (Å²) in [6.07, 6.45) is 4.46. The largest absolute Gasteiger partial charge is 0.497 e. The normalized spacial score (nSPS) is 20.9. The van der Waals surface area contributed by atoms with Crippen molar-refractivity contribution in [1.82, 2.24) is 15.1 Å². The van der Waals surface area contributed by atoms with Crippen LogP contribution < -0.4 is 10.1 Å². The van der Waals surface area contributed by atoms with Gasteiger partial charge >= 0.3 is 0 Å². The SMILES string of the molecule is COc1cccc(C(CNC(=O)C2CCCN2Cc2ccccc2)N2CCCC2)c1. The second-order valence-corrected chi connectivity index (χ2v) is 8.39. The fourth-order valence-electron chi connectivity index (χ4n) is 4.81. The van der Waals surface area contributed by atoms with Gasteiger partial charge in [0, 0.05) is 13.1 Å². The number of likely N-dealkylation sites (tertiary alicyclic amines) is 2. The molecule has 2 saturated heterocycles. The summed E-state index contributed by atoms with van der Waals surface area (Å²) in [4.78, 5) is 17.9. The van der Waals surface area contributed by atoms with Gasteiger partial charge in [-0.05, 0) is 68.6 Å². The lowest BCUT2D eigenvalue weighted by Gasteiger charge is -2.30. The molecule has 30 heavy (non-hydrogen) atoms. The Bertz CT molecular complexity index is 820. The van der Waals surface area contributed by atoms with Crippen molar-refractivity contribution in [3.8, 4) is 5.75 Å². The van der Waals surface area contributed by atoms with Crippen LogP contribution in [0.4, 0.5) is 0 Å². The summed E-state index contributed by atoms with van der Waals surface area (Å²) >= 11 is 0. The van der Waals surface area contributed by atoms with Crippen LogP contribution in [0, 0.1) is 0 Å². The molecule has 2 heterocycles. The smallest absolute Gasteiger partial charge is 0.237 e. The topological polar surface area (TPSA) is 44.8 Å². The number of methoxy groups -OCH3 is 1. The fraction of sp³-hybridized carbons (Fsp3) is 0.480. The maximum absolute atomic E-state index is 13.1. The molecule has 0 radical (unpaired) electrons. The molecule has 160 valence electrons. The minimum atomic E-state index is -0.0326. The highest BCUT2D eigenvalue weighted by molar-refractivity contribution is 5.82. The Labute approximate surface area is 180 Å². The second kappa shape index (κ2) is 10.1. The summed E-state index contributed by atoms with van der Waals surface area (Å²) in [5.74, 6) is 1.03. The Kier molecular flexibility index (Phi) is 7.03. The van der Waals surface area contributed by atoms with Crippen LogP contribution in [0.1, 0.15) is 42.9 Å². The first-order valence-electron chi connectivity index (χ1n) is 11.2. The predicted octanol–water partition coefficient (Wildman–Crippen LogP) is 3.61. The van der Waals surface area contributed by atoms with E-state index in [0.717, 1.165) is 44.8 Å². The van der Waals surface area contributed by atoms with Gasteiger partial charge < -0.3 is 10.1 Å². The molecule has 2 atom stereocenters. The van der Waals surface area contributed by atoms with Gasteiger partial charge in [0.1, 0.15) is 5.75 Å². The van der Waals surface area contributed by atoms with Crippen molar-refractivity contribution in [3.63, 3.8) is 0 Å². The van der Waals surface area contributed by atoms with Crippen molar-refractivity contribution in [2.75, 3.05) is 33.3 Å². The molecule has 2 fully saturated rings. The predicted molar refractivity (Wildman–Crippen MR) is 119 cm³/mol. The number of nitrogens with zero attached hydrogens (tertiary/aromatic N) is 2. The fourth-order valence-corrected chi connectivity index (χ4v) is 4.81. The number of rotatable bonds is 8. The van der Waals surface area contributed by atoms with Gasteiger partial charge in [0.25, 0.3) is 0 Å². The average molecular weight is 408 g/mol. The van der Waals surface area contributed by atoms with Crippen LogP contribution in [0.25, 0.3) is 0 Å². The van der Waals surface area contributed by atoms with Crippen LogP contribution in [0.2, 0.25) is 0 Å². The van der Waals surface area contributed by atoms with E-state index >= 15 is 0 Å². The van der Waals surface area contributed by atoms with E-state index in [9.17, 15) is 4.79 Å². The summed E-state index contributed by atoms with van der Waals surface area (Å²) in [5.41, 5.74) is 2.48. The van der Waals surface area contributed by atoms with E-state index in [0.29, 0.717) is 6.54 Å². The third kappa shape index (κ3) is 5.02. The summed E-state index contributed by atoms with van der Waals surface area (Å²) in [6.45, 7) is 4.63. The van der Waals surface area contributed by atoms with E-state index in [1.807, 2.05) is 18.2 Å². The molecule has 2 aromatic carbocycles. The lowest BCUT2D eigenvalue weighted by atomic mass is 10.0. The third-order valence-corrected chi connectivity index (χ3v) is 6.42. The Morgan fingerprint density at radius 2 is 1.87 bits per heavy atom. The lowest BCUT2D eigenvalue weighted by Crippen LogP contribution is -2.45. The van der Waals surface area contributed by atoms with Gasteiger partial charge in [-0.3, -0.25) is 14.6 Å². The van der Waals surface area contributed by atoms with E-state index in [1.165, 1.54) is 24.0 Å². The van der Waals surface area contributed by atoms with Gasteiger partial charge in [-0.1, -0.05) is 42.5 Å². The molecule has 1 N–H and O–H groups in total. The molecule has 2 aromatic rings. The maximum Gasteiger partial charge on any atom is 0.237 e. The van der Waals surface area contributed by atoms with Gasteiger partial charge in [0.05, 0.1) is 19.2 Å². The summed E-state index contributed by atoms with van der Waals surface area (Å²) in [6, 6.07) is 18.9. The van der Waals surface area contributed by atoms with E-state index in [2.05, 4.69) is 51.5 Å². The quantitative estimate of drug-likeness (QED) is 0.726. The first-order chi connectivity index (χ1) is 14.7. The highest BCUT2D eigenvalue weighted by Gasteiger charge is 2.32. The van der Waals surface area contributed by atoms with Gasteiger partial charge in [-0.15, -0.1) is 0 Å². The van der Waals surface area contributed by atoms with E-state index in [-0.39, 0.29) is 18.0 Å². The molecule has 0 aliphatic carbocycles. The van der Waals surface area contributed by atoms with Crippen LogP contribution in [0.15, 0.2) is 54.6 Å². The van der Waals surface area contributed by atoms with Crippen molar-refractivity contribution in [2.24, 2.45) is 0 Å². The number of carbonyl (C=O) groups is 1. The molecular formula is C25H33N3O2. The first-order valence-corrected chi connectivity index (χ1v) is 11.2. The highest BCUT2D eigenvalue weighted by atomic mass is 16.5. The zero-order valence-corrected chi connectivity index (χ0v) is 17.9. The number of nitrogens with one attached hydrogen (secondary N) is 1. The Morgan fingerprint density at radius 1 is 1.07 bits per heavy atom. The molecule has 2 aliphatic heterocycles. The van der Waals surface area contributed by atoms with Crippen molar-refractivity contribution in [2.45, 2.75) is 44.3 Å². The average Bonchev–Trinajstić information content (AvgIpc) is 3.47. The molecular weight excluding hydrogens is 374 g/mol. The molecule has 5 nitrogen and oxygen atoms in total. The van der Waals surface area contributed by atoms with Crippen LogP contribution in [-0.4, -0.2) is 55.0 Å². The van der Waals surface area contributed by atoms with E-state index < -0.39 is 0 Å². The standard InChI is InChI=1S/C25H33N3O2/c1-30-22-12-7-11-21(17-22)24(27-14-5-6-15-27)18-26-25(29)23-13-8-16-28(23)19-20-9-3-2-4-10-20/h2-4,7,9-12,17,23-24H,5-6,8,13-16,18-19H2,1H3,(H,26,29). The van der Waals surface area contributed by atoms with Crippen LogP contribution >= 0.6 is 0 Å². The Morgan fingerprint density at radius 3 is 2.63 bits per heavy atom. The molecule has 0 aromatic heterocycles. The Hall–Kier alpha value is -2.37. The van der Waals surface area contributed by atoms with Crippen molar-refractivity contribution in [1.29, 1.82) is 0 Å². The second-order valence-electron chi connectivity index (χ2n) is 8.39. The Balaban J connectivity index is 1.41. The first kappa shape index (κ1) is 20.9. The molecule has 4 rings (SSSR count). The van der Waals surface area contributed by atoms with Gasteiger partial charge in [0.2, 0.25) is 5.91 Å². The van der Waals surface area contributed by atoms with Crippen molar-refractivity contribution < 1.29 is 9.53 Å². The molecule has 2 aliphatic rings. The zero-order valence-electron chi connectivity index (χ0n) is 17.9. The highest BCUT2D eigenvalue weighted by Crippen LogP contribution is 2.27. The number of benzene rings is 2. The number of carbonyl (C=O) groups excluding carboxylic acids is 1. The van der Waals surface area contributed by atoms with E-state index in [4.69, 9.17) is 4.74 Å². The lowest BCUT2D eigenvalue weighted by molar-refractivity contribution is -0.125. The maximum atomic E-state index is 13.1. The summed E-state index contributed by atoms with van der Waals surface area (Å²) in [5, 5.41) is 3.29. The van der Waals surface area contributed by atoms with Crippen LogP contribution in [0.3, 0.4) is 0 Å². The minimum absolute atomic E-state index is 0.0326. The molecule has 0 bridgehead atoms. The van der Waals surface area contributed by atoms with Gasteiger partial charge in [-0.2, -0.15) is 0 Å². The van der Waals surface area contributed by atoms with Crippen LogP contribution in [-0.2, 0) is 11.3 Å². The number of ether oxygens (including phenoxy) is 1. The van der Waals surface area contributed by atoms with Crippen LogP contribution in [0.5, 0.6) is 5.75 Å². The molecule has 2 unspecified atom stereocenters. The summed E-state index contributed by atoms with van der Waals surface area (Å²) in [7, 11) is 1.70.